The highest BCUT2D eigenvalue weighted by atomic mass is 16.5. The van der Waals surface area contributed by atoms with Crippen LogP contribution >= 0.6 is 0 Å². The number of hydrogen-bond acceptors (Lipinski definition) is 10. The van der Waals surface area contributed by atoms with Crippen molar-refractivity contribution >= 4 is 23.2 Å². The maximum Gasteiger partial charge on any atom is 0.258 e. The molecule has 43 heavy (non-hydrogen) atoms. The molecule has 0 spiro atoms. The van der Waals surface area contributed by atoms with Crippen molar-refractivity contribution in [2.24, 2.45) is 11.8 Å². The van der Waals surface area contributed by atoms with E-state index in [0.717, 1.165) is 12.8 Å². The van der Waals surface area contributed by atoms with Gasteiger partial charge in [0.2, 0.25) is 0 Å². The van der Waals surface area contributed by atoms with Gasteiger partial charge in [0.25, 0.3) is 11.8 Å². The Bertz CT molecular complexity index is 1210. The van der Waals surface area contributed by atoms with Crippen molar-refractivity contribution in [1.82, 2.24) is 9.80 Å². The lowest BCUT2D eigenvalue weighted by molar-refractivity contribution is 0.0666. The minimum atomic E-state index is -0.240. The summed E-state index contributed by atoms with van der Waals surface area (Å²) in [4.78, 5) is 29.8. The van der Waals surface area contributed by atoms with Gasteiger partial charge in [0.15, 0.2) is 0 Å². The summed E-state index contributed by atoms with van der Waals surface area (Å²) in [7, 11) is 2.95. The SMILES string of the molecule is COc1cc(OCCCOc2cc(OC)c(C(=O)N3CC(C)CC3CO)cc2N)c(N)cc1C(=O)N1CC(C)CC1CO. The van der Waals surface area contributed by atoms with Gasteiger partial charge in [-0.3, -0.25) is 9.59 Å². The number of rotatable bonds is 12. The van der Waals surface area contributed by atoms with Gasteiger partial charge in [-0.15, -0.1) is 0 Å². The number of ether oxygens (including phenoxy) is 4. The Labute approximate surface area is 252 Å². The number of likely N-dealkylation sites (tertiary alicyclic amines) is 2. The standard InChI is InChI=1S/C31H44N4O8/c1-18-8-20(16-36)34(14-18)30(38)22-10-24(32)28(12-26(22)40-3)42-6-5-7-43-29-13-27(41-4)23(11-25(29)33)31(39)35-15-19(2)9-21(35)17-37/h10-13,18-21,36-37H,5-9,14-17,32-33H2,1-4H3. The van der Waals surface area contributed by atoms with Crippen LogP contribution in [0.1, 0.15) is 53.8 Å². The van der Waals surface area contributed by atoms with Crippen molar-refractivity contribution in [3.63, 3.8) is 0 Å². The first kappa shape index (κ1) is 32.0. The van der Waals surface area contributed by atoms with Crippen LogP contribution in [0.15, 0.2) is 24.3 Å². The van der Waals surface area contributed by atoms with Crippen LogP contribution in [-0.4, -0.2) is 97.6 Å². The molecule has 4 atom stereocenters. The number of methoxy groups -OCH3 is 2. The van der Waals surface area contributed by atoms with E-state index >= 15 is 0 Å². The summed E-state index contributed by atoms with van der Waals surface area (Å²) >= 11 is 0. The number of carbonyl (C=O) groups is 2. The largest absolute Gasteiger partial charge is 0.496 e. The average molecular weight is 601 g/mol. The zero-order valence-corrected chi connectivity index (χ0v) is 25.4. The number of hydrogen-bond donors (Lipinski definition) is 4. The van der Waals surface area contributed by atoms with Gasteiger partial charge >= 0.3 is 0 Å². The molecule has 236 valence electrons. The molecule has 12 heteroatoms. The molecule has 4 rings (SSSR count). The molecule has 0 saturated carbocycles. The lowest BCUT2D eigenvalue weighted by Crippen LogP contribution is -2.38. The molecule has 2 aromatic carbocycles. The van der Waals surface area contributed by atoms with Gasteiger partial charge in [-0.25, -0.2) is 0 Å². The van der Waals surface area contributed by atoms with Crippen molar-refractivity contribution in [2.45, 2.75) is 45.2 Å². The van der Waals surface area contributed by atoms with E-state index in [-0.39, 0.29) is 50.3 Å². The van der Waals surface area contributed by atoms with Gasteiger partial charge in [0.05, 0.1) is 75.2 Å². The van der Waals surface area contributed by atoms with Gasteiger partial charge in [0, 0.05) is 31.6 Å². The fraction of sp³-hybridized carbons (Fsp3) is 0.548. The molecule has 2 saturated heterocycles. The Morgan fingerprint density at radius 3 is 1.49 bits per heavy atom. The molecule has 2 aliphatic rings. The van der Waals surface area contributed by atoms with Crippen LogP contribution < -0.4 is 30.4 Å². The molecule has 0 bridgehead atoms. The average Bonchev–Trinajstić information content (AvgIpc) is 3.58. The number of aliphatic hydroxyl groups is 2. The molecule has 12 nitrogen and oxygen atoms in total. The predicted octanol–water partition coefficient (Wildman–Crippen LogP) is 2.40. The molecule has 2 amide bonds. The molecule has 2 aliphatic heterocycles. The van der Waals surface area contributed by atoms with E-state index in [4.69, 9.17) is 30.4 Å². The highest BCUT2D eigenvalue weighted by Gasteiger charge is 2.35. The van der Waals surface area contributed by atoms with E-state index in [1.54, 1.807) is 34.1 Å². The van der Waals surface area contributed by atoms with Crippen LogP contribution in [0.2, 0.25) is 0 Å². The van der Waals surface area contributed by atoms with Gasteiger partial charge in [-0.1, -0.05) is 13.8 Å². The zero-order chi connectivity index (χ0) is 31.3. The quantitative estimate of drug-likeness (QED) is 0.210. The normalized spacial score (nSPS) is 21.6. The Balaban J connectivity index is 1.35. The van der Waals surface area contributed by atoms with E-state index in [1.807, 2.05) is 13.8 Å². The van der Waals surface area contributed by atoms with Crippen LogP contribution in [0, 0.1) is 11.8 Å². The number of benzene rings is 2. The van der Waals surface area contributed by atoms with Gasteiger partial charge in [-0.05, 0) is 36.8 Å². The van der Waals surface area contributed by atoms with E-state index in [1.165, 1.54) is 14.2 Å². The van der Waals surface area contributed by atoms with Gasteiger partial charge < -0.3 is 50.4 Å². The summed E-state index contributed by atoms with van der Waals surface area (Å²) < 4.78 is 22.7. The summed E-state index contributed by atoms with van der Waals surface area (Å²) in [6.07, 6.45) is 1.97. The van der Waals surface area contributed by atoms with Crippen molar-refractivity contribution in [3.8, 4) is 23.0 Å². The van der Waals surface area contributed by atoms with Crippen LogP contribution in [0.25, 0.3) is 0 Å². The number of nitrogens with zero attached hydrogens (tertiary/aromatic N) is 2. The first-order valence-corrected chi connectivity index (χ1v) is 14.7. The third-order valence-electron chi connectivity index (χ3n) is 8.12. The fourth-order valence-corrected chi connectivity index (χ4v) is 5.96. The van der Waals surface area contributed by atoms with Crippen molar-refractivity contribution in [2.75, 3.05) is 65.2 Å². The molecule has 0 aromatic heterocycles. The maximum atomic E-state index is 13.3. The maximum absolute atomic E-state index is 13.3. The van der Waals surface area contributed by atoms with Crippen molar-refractivity contribution in [3.05, 3.63) is 35.4 Å². The van der Waals surface area contributed by atoms with Crippen LogP contribution in [0.5, 0.6) is 23.0 Å². The predicted molar refractivity (Wildman–Crippen MR) is 162 cm³/mol. The smallest absolute Gasteiger partial charge is 0.258 e. The summed E-state index contributed by atoms with van der Waals surface area (Å²) in [6, 6.07) is 5.82. The summed E-state index contributed by atoms with van der Waals surface area (Å²) in [5.41, 5.74) is 13.7. The minimum absolute atomic E-state index is 0.0964. The Hall–Kier alpha value is -3.90. The molecule has 6 N–H and O–H groups in total. The molecule has 0 aliphatic carbocycles. The van der Waals surface area contributed by atoms with Crippen LogP contribution in [0.3, 0.4) is 0 Å². The lowest BCUT2D eigenvalue weighted by atomic mass is 10.1. The van der Waals surface area contributed by atoms with E-state index in [2.05, 4.69) is 0 Å². The van der Waals surface area contributed by atoms with Crippen molar-refractivity contribution < 1.29 is 38.7 Å². The second-order valence-electron chi connectivity index (χ2n) is 11.5. The number of carbonyl (C=O) groups excluding carboxylic acids is 2. The van der Waals surface area contributed by atoms with Crippen LogP contribution in [-0.2, 0) is 0 Å². The molecule has 2 fully saturated rings. The van der Waals surface area contributed by atoms with Gasteiger partial charge in [0.1, 0.15) is 23.0 Å². The molecule has 2 aromatic rings. The zero-order valence-electron chi connectivity index (χ0n) is 25.4. The highest BCUT2D eigenvalue weighted by Crippen LogP contribution is 2.36. The molecular formula is C31H44N4O8. The topological polar surface area (TPSA) is 170 Å². The number of nitrogen functional groups attached to an aromatic ring is 2. The second kappa shape index (κ2) is 14.0. The Morgan fingerprint density at radius 2 is 1.14 bits per heavy atom. The second-order valence-corrected chi connectivity index (χ2v) is 11.5. The molecule has 4 unspecified atom stereocenters. The number of amides is 2. The van der Waals surface area contributed by atoms with Crippen molar-refractivity contribution in [1.29, 1.82) is 0 Å². The molecule has 2 heterocycles. The molecular weight excluding hydrogens is 556 g/mol. The first-order chi connectivity index (χ1) is 20.6. The first-order valence-electron chi connectivity index (χ1n) is 14.7. The third-order valence-corrected chi connectivity index (χ3v) is 8.12. The number of anilines is 2. The Kier molecular flexibility index (Phi) is 10.5. The summed E-state index contributed by atoms with van der Waals surface area (Å²) in [5, 5.41) is 19.4. The highest BCUT2D eigenvalue weighted by molar-refractivity contribution is 5.99. The van der Waals surface area contributed by atoms with Crippen LogP contribution in [0.4, 0.5) is 11.4 Å². The number of nitrogens with two attached hydrogens (primary N) is 2. The van der Waals surface area contributed by atoms with E-state index in [9.17, 15) is 19.8 Å². The van der Waals surface area contributed by atoms with E-state index in [0.29, 0.717) is 76.8 Å². The van der Waals surface area contributed by atoms with E-state index < -0.39 is 0 Å². The summed E-state index contributed by atoms with van der Waals surface area (Å²) in [6.45, 7) is 5.55. The fourth-order valence-electron chi connectivity index (χ4n) is 5.96. The number of aliphatic hydroxyl groups excluding tert-OH is 2. The van der Waals surface area contributed by atoms with Gasteiger partial charge in [-0.2, -0.15) is 0 Å². The molecule has 0 radical (unpaired) electrons. The lowest BCUT2D eigenvalue weighted by Gasteiger charge is -2.24. The Morgan fingerprint density at radius 1 is 0.744 bits per heavy atom. The monoisotopic (exact) mass is 600 g/mol. The minimum Gasteiger partial charge on any atom is -0.496 e. The third kappa shape index (κ3) is 7.02. The summed E-state index contributed by atoms with van der Waals surface area (Å²) in [5.74, 6) is 1.54.